The fourth-order valence-electron chi connectivity index (χ4n) is 2.22. The van der Waals surface area contributed by atoms with E-state index in [0.717, 1.165) is 0 Å². The van der Waals surface area contributed by atoms with Crippen LogP contribution in [0.5, 0.6) is 0 Å². The number of ether oxygens (including phenoxy) is 3. The zero-order valence-electron chi connectivity index (χ0n) is 11.1. The second-order valence-corrected chi connectivity index (χ2v) is 4.96. The van der Waals surface area contributed by atoms with E-state index in [9.17, 15) is 19.8 Å². The SMILES string of the molecule is O=C1CC(O)[C@H](OC2CC(=O)C(CO)O[C@H]2O)OC1CO. The van der Waals surface area contributed by atoms with Gasteiger partial charge in [-0.15, -0.1) is 0 Å². The van der Waals surface area contributed by atoms with Gasteiger partial charge in [0.25, 0.3) is 0 Å². The zero-order chi connectivity index (χ0) is 15.6. The zero-order valence-corrected chi connectivity index (χ0v) is 11.1. The van der Waals surface area contributed by atoms with Crippen molar-refractivity contribution in [3.8, 4) is 0 Å². The van der Waals surface area contributed by atoms with Crippen LogP contribution < -0.4 is 0 Å². The van der Waals surface area contributed by atoms with Crippen LogP contribution in [0.15, 0.2) is 0 Å². The topological polar surface area (TPSA) is 143 Å². The monoisotopic (exact) mass is 306 g/mol. The molecule has 120 valence electrons. The molecule has 2 saturated heterocycles. The molecule has 0 aromatic carbocycles. The number of hydrogen-bond acceptors (Lipinski definition) is 9. The van der Waals surface area contributed by atoms with Crippen LogP contribution in [-0.4, -0.2) is 82.2 Å². The number of Topliss-reactive ketones (excluding diaryl/α,β-unsaturated/α-hetero) is 2. The Kier molecular flexibility index (Phi) is 5.38. The van der Waals surface area contributed by atoms with Crippen LogP contribution in [0.25, 0.3) is 0 Å². The lowest BCUT2D eigenvalue weighted by Crippen LogP contribution is -2.53. The quantitative estimate of drug-likeness (QED) is 0.429. The summed E-state index contributed by atoms with van der Waals surface area (Å²) < 4.78 is 15.3. The van der Waals surface area contributed by atoms with Crippen molar-refractivity contribution in [2.45, 2.75) is 49.8 Å². The summed E-state index contributed by atoms with van der Waals surface area (Å²) in [7, 11) is 0. The number of hydrogen-bond donors (Lipinski definition) is 4. The Morgan fingerprint density at radius 3 is 2.19 bits per heavy atom. The first-order valence-electron chi connectivity index (χ1n) is 6.56. The summed E-state index contributed by atoms with van der Waals surface area (Å²) >= 11 is 0. The highest BCUT2D eigenvalue weighted by Gasteiger charge is 2.42. The molecule has 2 aliphatic heterocycles. The highest BCUT2D eigenvalue weighted by atomic mass is 16.7. The number of aliphatic hydroxyl groups excluding tert-OH is 4. The van der Waals surface area contributed by atoms with E-state index in [1.807, 2.05) is 0 Å². The van der Waals surface area contributed by atoms with E-state index in [2.05, 4.69) is 0 Å². The number of rotatable bonds is 4. The lowest BCUT2D eigenvalue weighted by molar-refractivity contribution is -0.296. The van der Waals surface area contributed by atoms with Gasteiger partial charge in [0.15, 0.2) is 24.1 Å². The number of carbonyl (C=O) groups excluding carboxylic acids is 2. The molecular formula is C12H18O9. The first kappa shape index (κ1) is 16.4. The smallest absolute Gasteiger partial charge is 0.185 e. The molecule has 0 aromatic heterocycles. The van der Waals surface area contributed by atoms with Gasteiger partial charge in [-0.1, -0.05) is 0 Å². The van der Waals surface area contributed by atoms with E-state index in [1.54, 1.807) is 0 Å². The van der Waals surface area contributed by atoms with Gasteiger partial charge in [0.05, 0.1) is 13.2 Å². The molecule has 2 fully saturated rings. The molecule has 0 spiro atoms. The molecule has 4 N–H and O–H groups in total. The van der Waals surface area contributed by atoms with E-state index in [0.29, 0.717) is 0 Å². The van der Waals surface area contributed by atoms with Gasteiger partial charge in [0.1, 0.15) is 24.4 Å². The molecular weight excluding hydrogens is 288 g/mol. The van der Waals surface area contributed by atoms with Gasteiger partial charge in [-0.2, -0.15) is 0 Å². The summed E-state index contributed by atoms with van der Waals surface area (Å²) in [6.45, 7) is -1.10. The number of carbonyl (C=O) groups is 2. The molecule has 0 amide bonds. The fourth-order valence-corrected chi connectivity index (χ4v) is 2.22. The van der Waals surface area contributed by atoms with Crippen molar-refractivity contribution in [2.24, 2.45) is 0 Å². The molecule has 9 nitrogen and oxygen atoms in total. The van der Waals surface area contributed by atoms with Gasteiger partial charge >= 0.3 is 0 Å². The van der Waals surface area contributed by atoms with Crippen LogP contribution in [0.3, 0.4) is 0 Å². The Bertz CT molecular complexity index is 398. The molecule has 9 heteroatoms. The third-order valence-corrected chi connectivity index (χ3v) is 3.41. The van der Waals surface area contributed by atoms with E-state index in [-0.39, 0.29) is 12.8 Å². The predicted octanol–water partition coefficient (Wildman–Crippen LogP) is -2.92. The Labute approximate surface area is 120 Å². The minimum Gasteiger partial charge on any atom is -0.393 e. The molecule has 0 saturated carbocycles. The van der Waals surface area contributed by atoms with Crippen molar-refractivity contribution in [1.29, 1.82) is 0 Å². The molecule has 0 aromatic rings. The van der Waals surface area contributed by atoms with Crippen molar-refractivity contribution < 1.29 is 44.2 Å². The highest BCUT2D eigenvalue weighted by Crippen LogP contribution is 2.24. The third-order valence-electron chi connectivity index (χ3n) is 3.41. The van der Waals surface area contributed by atoms with Crippen LogP contribution in [0.2, 0.25) is 0 Å². The minimum absolute atomic E-state index is 0.225. The molecule has 6 atom stereocenters. The summed E-state index contributed by atoms with van der Waals surface area (Å²) in [6.07, 6.45) is -7.79. The van der Waals surface area contributed by atoms with Gasteiger partial charge in [-0.05, 0) is 0 Å². The van der Waals surface area contributed by atoms with Crippen LogP contribution in [0.1, 0.15) is 12.8 Å². The normalized spacial score (nSPS) is 41.3. The molecule has 0 bridgehead atoms. The van der Waals surface area contributed by atoms with Gasteiger partial charge in [-0.25, -0.2) is 0 Å². The summed E-state index contributed by atoms with van der Waals surface area (Å²) in [6, 6.07) is 0. The summed E-state index contributed by atoms with van der Waals surface area (Å²) in [5.41, 5.74) is 0. The molecule has 0 aliphatic carbocycles. The maximum Gasteiger partial charge on any atom is 0.185 e. The second-order valence-electron chi connectivity index (χ2n) is 4.96. The lowest BCUT2D eigenvalue weighted by Gasteiger charge is -2.37. The van der Waals surface area contributed by atoms with Gasteiger partial charge in [-0.3, -0.25) is 9.59 Å². The number of ketones is 2. The standard InChI is InChI=1S/C12H18O9/c13-3-9-6(16)2-8(11(18)19-9)20-12-7(17)1-5(15)10(4-14)21-12/h7-14,17-18H,1-4H2/t7?,8?,9?,10?,11-,12-/m1/s1. The lowest BCUT2D eigenvalue weighted by atomic mass is 10.0. The van der Waals surface area contributed by atoms with Gasteiger partial charge in [0.2, 0.25) is 0 Å². The molecule has 0 radical (unpaired) electrons. The third kappa shape index (κ3) is 3.64. The van der Waals surface area contributed by atoms with Crippen LogP contribution in [0.4, 0.5) is 0 Å². The fraction of sp³-hybridized carbons (Fsp3) is 0.833. The van der Waals surface area contributed by atoms with Crippen LogP contribution in [-0.2, 0) is 23.8 Å². The number of aliphatic hydroxyl groups is 4. The maximum atomic E-state index is 11.6. The van der Waals surface area contributed by atoms with E-state index < -0.39 is 61.8 Å². The Hall–Kier alpha value is -0.940. The van der Waals surface area contributed by atoms with Crippen molar-refractivity contribution in [2.75, 3.05) is 13.2 Å². The summed E-state index contributed by atoms with van der Waals surface area (Å²) in [4.78, 5) is 23.0. The molecule has 2 heterocycles. The first-order chi connectivity index (χ1) is 9.96. The highest BCUT2D eigenvalue weighted by molar-refractivity contribution is 5.85. The van der Waals surface area contributed by atoms with Crippen molar-refractivity contribution in [3.05, 3.63) is 0 Å². The van der Waals surface area contributed by atoms with E-state index in [1.165, 1.54) is 0 Å². The molecule has 2 aliphatic rings. The van der Waals surface area contributed by atoms with Crippen molar-refractivity contribution in [1.82, 2.24) is 0 Å². The predicted molar refractivity (Wildman–Crippen MR) is 63.8 cm³/mol. The summed E-state index contributed by atoms with van der Waals surface area (Å²) in [5, 5.41) is 37.3. The average Bonchev–Trinajstić information content (AvgIpc) is 2.45. The Morgan fingerprint density at radius 2 is 1.57 bits per heavy atom. The van der Waals surface area contributed by atoms with E-state index in [4.69, 9.17) is 24.4 Å². The summed E-state index contributed by atoms with van der Waals surface area (Å²) in [5.74, 6) is -0.908. The Morgan fingerprint density at radius 1 is 1.00 bits per heavy atom. The first-order valence-corrected chi connectivity index (χ1v) is 6.56. The minimum atomic E-state index is -1.47. The van der Waals surface area contributed by atoms with Crippen molar-refractivity contribution >= 4 is 11.6 Å². The molecule has 4 unspecified atom stereocenters. The van der Waals surface area contributed by atoms with E-state index >= 15 is 0 Å². The van der Waals surface area contributed by atoms with Crippen molar-refractivity contribution in [3.63, 3.8) is 0 Å². The van der Waals surface area contributed by atoms with Crippen LogP contribution in [0, 0.1) is 0 Å². The van der Waals surface area contributed by atoms with Gasteiger partial charge in [0, 0.05) is 12.8 Å². The Balaban J connectivity index is 1.97. The largest absolute Gasteiger partial charge is 0.393 e. The maximum absolute atomic E-state index is 11.6. The molecule has 21 heavy (non-hydrogen) atoms. The van der Waals surface area contributed by atoms with Crippen LogP contribution >= 0.6 is 0 Å². The molecule has 2 rings (SSSR count). The van der Waals surface area contributed by atoms with Gasteiger partial charge < -0.3 is 34.6 Å². The average molecular weight is 306 g/mol. The second kappa shape index (κ2) is 6.88.